The topological polar surface area (TPSA) is 38.5 Å². The fourth-order valence-corrected chi connectivity index (χ4v) is 2.55. The van der Waals surface area contributed by atoms with Crippen LogP contribution in [-0.4, -0.2) is 31.1 Å². The molecule has 1 aliphatic heterocycles. The Balaban J connectivity index is 2.04. The Morgan fingerprint density at radius 3 is 2.94 bits per heavy atom. The molecule has 2 N–H and O–H groups in total. The lowest BCUT2D eigenvalue weighted by Crippen LogP contribution is -2.29. The maximum Gasteiger partial charge on any atom is 0.123 e. The zero-order valence-electron chi connectivity index (χ0n) is 11.0. The van der Waals surface area contributed by atoms with Gasteiger partial charge < -0.3 is 10.5 Å². The molecule has 0 radical (unpaired) electrons. The third kappa shape index (κ3) is 3.00. The number of rotatable bonds is 4. The van der Waals surface area contributed by atoms with Gasteiger partial charge in [0.2, 0.25) is 0 Å². The largest absolute Gasteiger partial charge is 0.496 e. The van der Waals surface area contributed by atoms with Crippen molar-refractivity contribution in [2.24, 2.45) is 11.7 Å². The summed E-state index contributed by atoms with van der Waals surface area (Å²) in [4.78, 5) is 2.31. The van der Waals surface area contributed by atoms with Gasteiger partial charge in [-0.3, -0.25) is 4.90 Å². The van der Waals surface area contributed by atoms with E-state index < -0.39 is 0 Å². The highest BCUT2D eigenvalue weighted by atomic mass is 19.1. The molecule has 0 saturated carbocycles. The predicted octanol–water partition coefficient (Wildman–Crippen LogP) is 2.00. The van der Waals surface area contributed by atoms with E-state index in [1.807, 2.05) is 0 Å². The first-order valence-corrected chi connectivity index (χ1v) is 6.40. The van der Waals surface area contributed by atoms with Crippen LogP contribution in [0.4, 0.5) is 4.39 Å². The monoisotopic (exact) mass is 252 g/mol. The summed E-state index contributed by atoms with van der Waals surface area (Å²) in [5, 5.41) is 0. The number of nitrogens with zero attached hydrogens (tertiary/aromatic N) is 1. The average Bonchev–Trinajstić information content (AvgIpc) is 2.78. The summed E-state index contributed by atoms with van der Waals surface area (Å²) in [5.41, 5.74) is 6.83. The molecule has 1 fully saturated rings. The summed E-state index contributed by atoms with van der Waals surface area (Å²) < 4.78 is 18.5. The molecular weight excluding hydrogens is 231 g/mol. The smallest absolute Gasteiger partial charge is 0.123 e. The second kappa shape index (κ2) is 5.67. The fraction of sp³-hybridized carbons (Fsp3) is 0.571. The molecule has 0 aliphatic carbocycles. The van der Waals surface area contributed by atoms with Gasteiger partial charge in [0.05, 0.1) is 7.11 Å². The molecule has 1 aliphatic rings. The Hall–Kier alpha value is -1.13. The van der Waals surface area contributed by atoms with E-state index in [-0.39, 0.29) is 11.9 Å². The van der Waals surface area contributed by atoms with E-state index in [1.54, 1.807) is 19.2 Å². The molecule has 0 aromatic heterocycles. The highest BCUT2D eigenvalue weighted by Gasteiger charge is 2.25. The van der Waals surface area contributed by atoms with Gasteiger partial charge >= 0.3 is 0 Å². The van der Waals surface area contributed by atoms with Crippen molar-refractivity contribution in [1.82, 2.24) is 4.90 Å². The third-order valence-corrected chi connectivity index (χ3v) is 3.69. The van der Waals surface area contributed by atoms with Crippen molar-refractivity contribution in [3.05, 3.63) is 29.6 Å². The molecule has 0 bridgehead atoms. The first kappa shape index (κ1) is 13.3. The van der Waals surface area contributed by atoms with Crippen LogP contribution >= 0.6 is 0 Å². The lowest BCUT2D eigenvalue weighted by Gasteiger charge is -2.19. The van der Waals surface area contributed by atoms with Crippen LogP contribution in [0.15, 0.2) is 18.2 Å². The van der Waals surface area contributed by atoms with Crippen molar-refractivity contribution in [3.63, 3.8) is 0 Å². The van der Waals surface area contributed by atoms with Crippen LogP contribution in [0.3, 0.4) is 0 Å². The number of ether oxygens (including phenoxy) is 1. The molecule has 2 unspecified atom stereocenters. The quantitative estimate of drug-likeness (QED) is 0.890. The molecule has 2 rings (SSSR count). The molecule has 3 nitrogen and oxygen atoms in total. The summed E-state index contributed by atoms with van der Waals surface area (Å²) in [5.74, 6) is 1.08. The minimum absolute atomic E-state index is 0.214. The number of hydrogen-bond acceptors (Lipinski definition) is 3. The zero-order valence-corrected chi connectivity index (χ0v) is 11.0. The van der Waals surface area contributed by atoms with Gasteiger partial charge in [0.25, 0.3) is 0 Å². The molecular formula is C14H21FN2O. The molecule has 4 heteroatoms. The lowest BCUT2D eigenvalue weighted by atomic mass is 10.0. The third-order valence-electron chi connectivity index (χ3n) is 3.69. The minimum Gasteiger partial charge on any atom is -0.496 e. The highest BCUT2D eigenvalue weighted by molar-refractivity contribution is 5.33. The second-order valence-electron chi connectivity index (χ2n) is 5.10. The van der Waals surface area contributed by atoms with E-state index in [4.69, 9.17) is 10.5 Å². The molecule has 18 heavy (non-hydrogen) atoms. The summed E-state index contributed by atoms with van der Waals surface area (Å²) >= 11 is 0. The van der Waals surface area contributed by atoms with Crippen LogP contribution in [0.5, 0.6) is 5.75 Å². The van der Waals surface area contributed by atoms with Crippen LogP contribution in [0.25, 0.3) is 0 Å². The molecule has 0 amide bonds. The van der Waals surface area contributed by atoms with Gasteiger partial charge in [0.15, 0.2) is 0 Å². The van der Waals surface area contributed by atoms with Crippen LogP contribution in [0.1, 0.15) is 18.9 Å². The number of methoxy groups -OCH3 is 1. The van der Waals surface area contributed by atoms with Crippen molar-refractivity contribution >= 4 is 0 Å². The van der Waals surface area contributed by atoms with E-state index in [0.717, 1.165) is 37.4 Å². The SMILES string of the molecule is COc1ccc(F)cc1CN1CCC(C(C)N)C1. The number of likely N-dealkylation sites (tertiary alicyclic amines) is 1. The van der Waals surface area contributed by atoms with Gasteiger partial charge in [-0.2, -0.15) is 0 Å². The van der Waals surface area contributed by atoms with Gasteiger partial charge in [0.1, 0.15) is 11.6 Å². The number of benzene rings is 1. The van der Waals surface area contributed by atoms with Gasteiger partial charge in [-0.15, -0.1) is 0 Å². The van der Waals surface area contributed by atoms with Gasteiger partial charge in [-0.05, 0) is 44.0 Å². The van der Waals surface area contributed by atoms with Crippen molar-refractivity contribution in [3.8, 4) is 5.75 Å². The minimum atomic E-state index is -0.214. The average molecular weight is 252 g/mol. The van der Waals surface area contributed by atoms with Crippen molar-refractivity contribution in [2.75, 3.05) is 20.2 Å². The van der Waals surface area contributed by atoms with Crippen LogP contribution in [0.2, 0.25) is 0 Å². The summed E-state index contributed by atoms with van der Waals surface area (Å²) in [6.07, 6.45) is 1.12. The van der Waals surface area contributed by atoms with Crippen molar-refractivity contribution in [1.29, 1.82) is 0 Å². The Morgan fingerprint density at radius 1 is 1.56 bits per heavy atom. The summed E-state index contributed by atoms with van der Waals surface area (Å²) in [7, 11) is 1.62. The zero-order chi connectivity index (χ0) is 13.1. The van der Waals surface area contributed by atoms with Gasteiger partial charge in [-0.1, -0.05) is 0 Å². The first-order valence-electron chi connectivity index (χ1n) is 6.40. The Labute approximate surface area is 108 Å². The van der Waals surface area contributed by atoms with E-state index >= 15 is 0 Å². The van der Waals surface area contributed by atoms with E-state index in [0.29, 0.717) is 5.92 Å². The lowest BCUT2D eigenvalue weighted by molar-refractivity contribution is 0.300. The van der Waals surface area contributed by atoms with Gasteiger partial charge in [-0.25, -0.2) is 4.39 Å². The Morgan fingerprint density at radius 2 is 2.33 bits per heavy atom. The van der Waals surface area contributed by atoms with Gasteiger partial charge in [0, 0.05) is 24.7 Å². The van der Waals surface area contributed by atoms with Crippen LogP contribution < -0.4 is 10.5 Å². The maximum atomic E-state index is 13.3. The Bertz CT molecular complexity index is 409. The second-order valence-corrected chi connectivity index (χ2v) is 5.10. The van der Waals surface area contributed by atoms with E-state index in [9.17, 15) is 4.39 Å². The maximum absolute atomic E-state index is 13.3. The normalized spacial score (nSPS) is 22.1. The number of halogens is 1. The van der Waals surface area contributed by atoms with Crippen LogP contribution in [0, 0.1) is 11.7 Å². The molecule has 0 spiro atoms. The van der Waals surface area contributed by atoms with Crippen molar-refractivity contribution in [2.45, 2.75) is 25.9 Å². The van der Waals surface area contributed by atoms with Crippen molar-refractivity contribution < 1.29 is 9.13 Å². The molecule has 1 heterocycles. The van der Waals surface area contributed by atoms with E-state index in [1.165, 1.54) is 6.07 Å². The Kier molecular flexibility index (Phi) is 4.19. The highest BCUT2D eigenvalue weighted by Crippen LogP contribution is 2.25. The number of nitrogens with two attached hydrogens (primary N) is 1. The fourth-order valence-electron chi connectivity index (χ4n) is 2.55. The molecule has 100 valence electrons. The molecule has 1 aromatic rings. The standard InChI is InChI=1S/C14H21FN2O/c1-10(16)11-5-6-17(8-11)9-12-7-13(15)3-4-14(12)18-2/h3-4,7,10-11H,5-6,8-9,16H2,1-2H3. The predicted molar refractivity (Wildman–Crippen MR) is 70.0 cm³/mol. The summed E-state index contributed by atoms with van der Waals surface area (Å²) in [6, 6.07) is 4.89. The molecule has 1 saturated heterocycles. The van der Waals surface area contributed by atoms with E-state index in [2.05, 4.69) is 11.8 Å². The first-order chi connectivity index (χ1) is 8.60. The summed E-state index contributed by atoms with van der Waals surface area (Å²) in [6.45, 7) is 4.78. The molecule has 1 aromatic carbocycles. The number of hydrogen-bond donors (Lipinski definition) is 1. The molecule has 2 atom stereocenters. The van der Waals surface area contributed by atoms with Crippen LogP contribution in [-0.2, 0) is 6.54 Å².